The van der Waals surface area contributed by atoms with Crippen LogP contribution in [0.4, 0.5) is 15.8 Å². The molecule has 2 aromatic carbocycles. The first-order chi connectivity index (χ1) is 19.4. The summed E-state index contributed by atoms with van der Waals surface area (Å²) in [5.74, 6) is 1.85. The van der Waals surface area contributed by atoms with E-state index in [1.165, 1.54) is 49.9 Å². The highest BCUT2D eigenvalue weighted by atomic mass is 19.1. The Balaban J connectivity index is 1.39. The zero-order chi connectivity index (χ0) is 27.9. The molecular weight excluding hydrogens is 497 g/mol. The molecule has 4 nitrogen and oxygen atoms in total. The molecule has 1 N–H and O–H groups in total. The molecule has 5 heteroatoms. The number of carbonyl (C=O) groups excluding carboxylic acids is 1. The Kier molecular flexibility index (Phi) is 9.30. The molecule has 0 radical (unpaired) electrons. The number of rotatable bonds is 4. The van der Waals surface area contributed by atoms with Gasteiger partial charge in [-0.3, -0.25) is 4.79 Å². The maximum absolute atomic E-state index is 13.5. The lowest BCUT2D eigenvalue weighted by Gasteiger charge is -2.25. The van der Waals surface area contributed by atoms with Crippen molar-refractivity contribution in [2.75, 3.05) is 23.3 Å². The fourth-order valence-electron chi connectivity index (χ4n) is 5.91. The van der Waals surface area contributed by atoms with Gasteiger partial charge < -0.3 is 10.2 Å². The SMILES string of the molecule is CC1CCCCN(c2ccc(NC3=NC4=C(Cc5ccc(F)cc5)CCC(=O)/C=C\C4=CCC3C)cc2)CCC1. The summed E-state index contributed by atoms with van der Waals surface area (Å²) in [5, 5.41) is 3.63. The van der Waals surface area contributed by atoms with E-state index in [2.05, 4.69) is 54.4 Å². The summed E-state index contributed by atoms with van der Waals surface area (Å²) in [7, 11) is 0. The van der Waals surface area contributed by atoms with Crippen LogP contribution in [0, 0.1) is 17.7 Å². The van der Waals surface area contributed by atoms with Crippen molar-refractivity contribution in [1.29, 1.82) is 0 Å². The van der Waals surface area contributed by atoms with Crippen molar-refractivity contribution in [1.82, 2.24) is 0 Å². The first-order valence-electron chi connectivity index (χ1n) is 15.0. The van der Waals surface area contributed by atoms with Gasteiger partial charge >= 0.3 is 0 Å². The van der Waals surface area contributed by atoms with Crippen LogP contribution in [0.2, 0.25) is 0 Å². The predicted molar refractivity (Wildman–Crippen MR) is 164 cm³/mol. The number of carbonyl (C=O) groups is 1. The highest BCUT2D eigenvalue weighted by molar-refractivity contribution is 5.99. The van der Waals surface area contributed by atoms with E-state index in [1.807, 2.05) is 18.2 Å². The second-order valence-corrected chi connectivity index (χ2v) is 11.8. The average Bonchev–Trinajstić information content (AvgIpc) is 3.01. The molecule has 2 aromatic rings. The van der Waals surface area contributed by atoms with Crippen LogP contribution in [-0.4, -0.2) is 24.7 Å². The largest absolute Gasteiger partial charge is 0.372 e. The van der Waals surface area contributed by atoms with Crippen molar-refractivity contribution in [3.8, 4) is 0 Å². The number of fused-ring (bicyclic) bond motifs is 1. The molecule has 2 heterocycles. The van der Waals surface area contributed by atoms with Crippen LogP contribution in [0.1, 0.15) is 70.8 Å². The molecular formula is C35H42FN3O. The zero-order valence-electron chi connectivity index (χ0n) is 24.0. The molecule has 3 aliphatic rings. The Bertz CT molecular complexity index is 1300. The molecule has 2 atom stereocenters. The molecule has 2 aliphatic heterocycles. The zero-order valence-corrected chi connectivity index (χ0v) is 24.0. The van der Waals surface area contributed by atoms with Gasteiger partial charge in [0.25, 0.3) is 0 Å². The molecule has 0 spiro atoms. The highest BCUT2D eigenvalue weighted by Crippen LogP contribution is 2.32. The molecule has 210 valence electrons. The van der Waals surface area contributed by atoms with Crippen LogP contribution < -0.4 is 10.2 Å². The van der Waals surface area contributed by atoms with E-state index in [1.54, 1.807) is 6.08 Å². The molecule has 1 aliphatic carbocycles. The van der Waals surface area contributed by atoms with Gasteiger partial charge in [-0.05, 0) is 110 Å². The average molecular weight is 540 g/mol. The number of benzene rings is 2. The third kappa shape index (κ3) is 7.38. The molecule has 5 rings (SSSR count). The monoisotopic (exact) mass is 539 g/mol. The number of amidine groups is 1. The van der Waals surface area contributed by atoms with E-state index < -0.39 is 0 Å². The fraction of sp³-hybridized carbons (Fsp3) is 0.429. The van der Waals surface area contributed by atoms with Crippen molar-refractivity contribution < 1.29 is 9.18 Å². The van der Waals surface area contributed by atoms with Crippen molar-refractivity contribution in [3.63, 3.8) is 0 Å². The van der Waals surface area contributed by atoms with E-state index >= 15 is 0 Å². The van der Waals surface area contributed by atoms with E-state index in [0.29, 0.717) is 19.3 Å². The highest BCUT2D eigenvalue weighted by Gasteiger charge is 2.21. The topological polar surface area (TPSA) is 44.7 Å². The summed E-state index contributed by atoms with van der Waals surface area (Å²) in [4.78, 5) is 20.1. The summed E-state index contributed by atoms with van der Waals surface area (Å²) >= 11 is 0. The number of nitrogens with one attached hydrogen (secondary N) is 1. The lowest BCUT2D eigenvalue weighted by molar-refractivity contribution is -0.114. The summed E-state index contributed by atoms with van der Waals surface area (Å²) < 4.78 is 13.5. The summed E-state index contributed by atoms with van der Waals surface area (Å²) in [6.07, 6.45) is 14.8. The minimum atomic E-state index is -0.243. The molecule has 0 bridgehead atoms. The van der Waals surface area contributed by atoms with Crippen LogP contribution in [-0.2, 0) is 11.2 Å². The minimum absolute atomic E-state index is 0.126. The first-order valence-corrected chi connectivity index (χ1v) is 15.0. The fourth-order valence-corrected chi connectivity index (χ4v) is 5.91. The number of anilines is 2. The first kappa shape index (κ1) is 28.1. The van der Waals surface area contributed by atoms with Crippen LogP contribution in [0.25, 0.3) is 0 Å². The number of hydrogen-bond acceptors (Lipinski definition) is 4. The van der Waals surface area contributed by atoms with Gasteiger partial charge in [0, 0.05) is 36.8 Å². The minimum Gasteiger partial charge on any atom is -0.372 e. The summed E-state index contributed by atoms with van der Waals surface area (Å²) in [5.41, 5.74) is 6.38. The van der Waals surface area contributed by atoms with Crippen molar-refractivity contribution in [2.45, 2.75) is 71.6 Å². The third-order valence-corrected chi connectivity index (χ3v) is 8.46. The molecule has 0 aromatic heterocycles. The molecule has 1 saturated heterocycles. The number of allylic oxidation sites excluding steroid dienone is 4. The van der Waals surface area contributed by atoms with Gasteiger partial charge in [0.05, 0.1) is 5.70 Å². The predicted octanol–water partition coefficient (Wildman–Crippen LogP) is 8.42. The van der Waals surface area contributed by atoms with Crippen LogP contribution in [0.5, 0.6) is 0 Å². The maximum atomic E-state index is 13.5. The molecule has 2 unspecified atom stereocenters. The number of aliphatic imine (C=N–C) groups is 1. The third-order valence-electron chi connectivity index (χ3n) is 8.46. The normalized spacial score (nSPS) is 23.4. The Labute approximate surface area is 238 Å². The van der Waals surface area contributed by atoms with Gasteiger partial charge in [0.15, 0.2) is 5.78 Å². The quantitative estimate of drug-likeness (QED) is 0.424. The second-order valence-electron chi connectivity index (χ2n) is 11.8. The standard InChI is InChI=1S/C35H42FN3O/c1-25-6-3-4-22-39(23-5-7-25)32-18-16-31(17-19-32)37-35-26(2)8-11-28-12-20-33(40)21-13-29(34(28)38-35)24-27-9-14-30(36)15-10-27/h9-12,14-20,25-26H,3-8,13,21-24H2,1-2H3,(H,37,38)/b20-12-,34-29?. The second kappa shape index (κ2) is 13.3. The number of halogens is 1. The molecule has 0 saturated carbocycles. The van der Waals surface area contributed by atoms with Crippen molar-refractivity contribution in [2.24, 2.45) is 16.8 Å². The smallest absolute Gasteiger partial charge is 0.156 e. The van der Waals surface area contributed by atoms with Gasteiger partial charge in [-0.2, -0.15) is 0 Å². The van der Waals surface area contributed by atoms with E-state index in [-0.39, 0.29) is 17.5 Å². The van der Waals surface area contributed by atoms with Gasteiger partial charge in [-0.1, -0.05) is 44.9 Å². The number of nitrogens with zero attached hydrogens (tertiary/aromatic N) is 2. The van der Waals surface area contributed by atoms with E-state index in [0.717, 1.165) is 59.4 Å². The maximum Gasteiger partial charge on any atom is 0.156 e. The summed E-state index contributed by atoms with van der Waals surface area (Å²) in [6, 6.07) is 15.4. The number of ketones is 1. The van der Waals surface area contributed by atoms with Gasteiger partial charge in [0.2, 0.25) is 0 Å². The van der Waals surface area contributed by atoms with Crippen LogP contribution in [0.15, 0.2) is 88.6 Å². The molecule has 0 amide bonds. The van der Waals surface area contributed by atoms with E-state index in [4.69, 9.17) is 4.99 Å². The van der Waals surface area contributed by atoms with E-state index in [9.17, 15) is 9.18 Å². The van der Waals surface area contributed by atoms with Gasteiger partial charge in [0.1, 0.15) is 11.7 Å². The van der Waals surface area contributed by atoms with Gasteiger partial charge in [-0.15, -0.1) is 0 Å². The lowest BCUT2D eigenvalue weighted by Crippen LogP contribution is -2.25. The summed E-state index contributed by atoms with van der Waals surface area (Å²) in [6.45, 7) is 6.82. The van der Waals surface area contributed by atoms with Crippen LogP contribution >= 0.6 is 0 Å². The Hall–Kier alpha value is -3.47. The Morgan fingerprint density at radius 1 is 0.925 bits per heavy atom. The van der Waals surface area contributed by atoms with Crippen molar-refractivity contribution >= 4 is 23.0 Å². The van der Waals surface area contributed by atoms with Crippen molar-refractivity contribution in [3.05, 3.63) is 95.0 Å². The Morgan fingerprint density at radius 2 is 1.68 bits per heavy atom. The Morgan fingerprint density at radius 3 is 2.48 bits per heavy atom. The molecule has 1 fully saturated rings. The molecule has 40 heavy (non-hydrogen) atoms. The van der Waals surface area contributed by atoms with Crippen LogP contribution in [0.3, 0.4) is 0 Å². The van der Waals surface area contributed by atoms with Gasteiger partial charge in [-0.25, -0.2) is 9.38 Å². The number of hydrogen-bond donors (Lipinski definition) is 1. The lowest BCUT2D eigenvalue weighted by atomic mass is 9.92.